The lowest BCUT2D eigenvalue weighted by atomic mass is 9.73. The third kappa shape index (κ3) is 2.73. The van der Waals surface area contributed by atoms with Crippen LogP contribution in [0.5, 0.6) is 0 Å². The van der Waals surface area contributed by atoms with Gasteiger partial charge in [-0.25, -0.2) is 0 Å². The highest BCUT2D eigenvalue weighted by molar-refractivity contribution is 6.00. The fraction of sp³-hybridized carbons (Fsp3) is 0.273. The summed E-state index contributed by atoms with van der Waals surface area (Å²) in [5, 5.41) is 0. The molecule has 1 heterocycles. The lowest BCUT2D eigenvalue weighted by Crippen LogP contribution is -2.26. The van der Waals surface area contributed by atoms with Crippen molar-refractivity contribution in [3.63, 3.8) is 0 Å². The second-order valence-corrected chi connectivity index (χ2v) is 7.58. The number of nitrogens with zero attached hydrogens (tertiary/aromatic N) is 1. The average molecular weight is 315 g/mol. The van der Waals surface area contributed by atoms with Gasteiger partial charge in [-0.15, -0.1) is 0 Å². The zero-order valence-electron chi connectivity index (χ0n) is 14.2. The molecule has 2 aliphatic rings. The maximum absolute atomic E-state index is 12.5. The number of pyridine rings is 1. The van der Waals surface area contributed by atoms with Crippen molar-refractivity contribution < 1.29 is 4.79 Å². The summed E-state index contributed by atoms with van der Waals surface area (Å²) in [6.45, 7) is 4.35. The van der Waals surface area contributed by atoms with Crippen molar-refractivity contribution >= 4 is 16.9 Å². The van der Waals surface area contributed by atoms with E-state index in [0.717, 1.165) is 18.4 Å². The molecule has 0 aliphatic heterocycles. The summed E-state index contributed by atoms with van der Waals surface area (Å²) < 4.78 is 0. The molecule has 0 amide bonds. The molecule has 0 bridgehead atoms. The lowest BCUT2D eigenvalue weighted by molar-refractivity contribution is 0.0912. The molecule has 4 rings (SSSR count). The van der Waals surface area contributed by atoms with Gasteiger partial charge in [0.05, 0.1) is 0 Å². The Morgan fingerprint density at radius 2 is 1.79 bits per heavy atom. The summed E-state index contributed by atoms with van der Waals surface area (Å²) in [5.41, 5.74) is 7.07. The van der Waals surface area contributed by atoms with E-state index in [1.165, 1.54) is 27.8 Å². The molecule has 0 fully saturated rings. The van der Waals surface area contributed by atoms with Gasteiger partial charge in [-0.2, -0.15) is 0 Å². The van der Waals surface area contributed by atoms with Crippen LogP contribution in [0.3, 0.4) is 0 Å². The molecular formula is C22H21NO. The number of fused-ring (bicyclic) bond motifs is 1. The number of hydrogen-bond acceptors (Lipinski definition) is 2. The van der Waals surface area contributed by atoms with Crippen molar-refractivity contribution in [1.82, 2.24) is 4.98 Å². The van der Waals surface area contributed by atoms with Crippen molar-refractivity contribution in [3.05, 3.63) is 77.1 Å². The largest absolute Gasteiger partial charge is 0.294 e. The molecule has 0 saturated heterocycles. The number of hydrogen-bond donors (Lipinski definition) is 0. The number of rotatable bonds is 2. The minimum absolute atomic E-state index is 0.0777. The number of benzene rings is 1. The normalized spacial score (nSPS) is 18.8. The highest BCUT2D eigenvalue weighted by Crippen LogP contribution is 2.37. The molecule has 120 valence electrons. The highest BCUT2D eigenvalue weighted by Gasteiger charge is 2.31. The Kier molecular flexibility index (Phi) is 3.49. The van der Waals surface area contributed by atoms with E-state index in [1.807, 2.05) is 24.5 Å². The van der Waals surface area contributed by atoms with Gasteiger partial charge in [-0.05, 0) is 64.3 Å². The van der Waals surface area contributed by atoms with E-state index < -0.39 is 0 Å². The van der Waals surface area contributed by atoms with Gasteiger partial charge in [-0.1, -0.05) is 38.1 Å². The van der Waals surface area contributed by atoms with Crippen LogP contribution in [0.1, 0.15) is 53.7 Å². The molecule has 2 heteroatoms. The molecule has 2 nitrogen and oxygen atoms in total. The molecule has 0 saturated carbocycles. The van der Waals surface area contributed by atoms with Crippen LogP contribution in [0.15, 0.2) is 54.9 Å². The van der Waals surface area contributed by atoms with Crippen LogP contribution in [-0.2, 0) is 6.42 Å². The Morgan fingerprint density at radius 3 is 2.58 bits per heavy atom. The van der Waals surface area contributed by atoms with Gasteiger partial charge in [0.25, 0.3) is 0 Å². The molecular weight excluding hydrogens is 294 g/mol. The minimum atomic E-state index is 0.0777. The molecule has 0 unspecified atom stereocenters. The Balaban J connectivity index is 1.66. The van der Waals surface area contributed by atoms with Gasteiger partial charge in [0.15, 0.2) is 5.78 Å². The molecule has 1 aromatic carbocycles. The van der Waals surface area contributed by atoms with Crippen molar-refractivity contribution in [1.29, 1.82) is 0 Å². The van der Waals surface area contributed by atoms with Crippen molar-refractivity contribution in [3.8, 4) is 0 Å². The quantitative estimate of drug-likeness (QED) is 0.771. The first-order valence-corrected chi connectivity index (χ1v) is 8.49. The number of aromatic nitrogens is 1. The van der Waals surface area contributed by atoms with Crippen molar-refractivity contribution in [2.45, 2.75) is 33.1 Å². The van der Waals surface area contributed by atoms with E-state index >= 15 is 0 Å². The molecule has 2 aromatic rings. The lowest BCUT2D eigenvalue weighted by Gasteiger charge is -2.30. The third-order valence-electron chi connectivity index (χ3n) is 4.97. The number of carbonyl (C=O) groups is 1. The molecule has 24 heavy (non-hydrogen) atoms. The molecule has 0 spiro atoms. The van der Waals surface area contributed by atoms with Gasteiger partial charge in [0.1, 0.15) is 0 Å². The zero-order valence-corrected chi connectivity index (χ0v) is 14.2. The van der Waals surface area contributed by atoms with Crippen LogP contribution >= 0.6 is 0 Å². The standard InChI is InChI=1S/C22H21NO/c1-22(2)13-19-6-5-18(12-20(19)21(24)14-22)17-4-3-16(11-17)15-7-9-23-10-8-15/h3,5-12H,4,13-14H2,1-2H3. The molecule has 0 N–H and O–H groups in total. The fourth-order valence-electron chi connectivity index (χ4n) is 3.77. The van der Waals surface area contributed by atoms with E-state index in [2.05, 4.69) is 49.2 Å². The second-order valence-electron chi connectivity index (χ2n) is 7.58. The zero-order chi connectivity index (χ0) is 16.7. The number of Topliss-reactive ketones (excluding diaryl/α,β-unsaturated/α-hetero) is 1. The summed E-state index contributed by atoms with van der Waals surface area (Å²) in [5.74, 6) is 0.281. The maximum atomic E-state index is 12.5. The fourth-order valence-corrected chi connectivity index (χ4v) is 3.77. The van der Waals surface area contributed by atoms with E-state index in [9.17, 15) is 4.79 Å². The smallest absolute Gasteiger partial charge is 0.163 e. The van der Waals surface area contributed by atoms with Crippen LogP contribution in [0.4, 0.5) is 0 Å². The monoisotopic (exact) mass is 315 g/mol. The van der Waals surface area contributed by atoms with Crippen LogP contribution in [0.25, 0.3) is 11.1 Å². The number of ketones is 1. The maximum Gasteiger partial charge on any atom is 0.163 e. The Hall–Kier alpha value is -2.48. The van der Waals surface area contributed by atoms with Gasteiger partial charge in [-0.3, -0.25) is 9.78 Å². The first-order valence-electron chi connectivity index (χ1n) is 8.49. The number of carbonyl (C=O) groups excluding carboxylic acids is 1. The Bertz CT molecular complexity index is 872. The molecule has 0 atom stereocenters. The summed E-state index contributed by atoms with van der Waals surface area (Å²) in [6, 6.07) is 10.5. The Morgan fingerprint density at radius 1 is 1.00 bits per heavy atom. The molecule has 1 aromatic heterocycles. The predicted molar refractivity (Wildman–Crippen MR) is 97.7 cm³/mol. The molecule has 2 aliphatic carbocycles. The summed E-state index contributed by atoms with van der Waals surface area (Å²) in [6.07, 6.45) is 10.7. The number of allylic oxidation sites excluding steroid dienone is 4. The van der Waals surface area contributed by atoms with Crippen LogP contribution in [0, 0.1) is 5.41 Å². The average Bonchev–Trinajstić information content (AvgIpc) is 3.04. The summed E-state index contributed by atoms with van der Waals surface area (Å²) in [7, 11) is 0. The van der Waals surface area contributed by atoms with E-state index in [0.29, 0.717) is 6.42 Å². The van der Waals surface area contributed by atoms with Gasteiger partial charge in [0, 0.05) is 24.4 Å². The SMILES string of the molecule is CC1(C)CC(=O)c2cc(C3=CC(c4ccncc4)=CC3)ccc2C1. The van der Waals surface area contributed by atoms with Crippen LogP contribution in [-0.4, -0.2) is 10.8 Å². The second kappa shape index (κ2) is 5.55. The van der Waals surface area contributed by atoms with Crippen molar-refractivity contribution in [2.24, 2.45) is 5.41 Å². The topological polar surface area (TPSA) is 30.0 Å². The molecule has 0 radical (unpaired) electrons. The van der Waals surface area contributed by atoms with Crippen LogP contribution in [0.2, 0.25) is 0 Å². The van der Waals surface area contributed by atoms with Crippen LogP contribution < -0.4 is 0 Å². The highest BCUT2D eigenvalue weighted by atomic mass is 16.1. The summed E-state index contributed by atoms with van der Waals surface area (Å²) >= 11 is 0. The van der Waals surface area contributed by atoms with Gasteiger partial charge < -0.3 is 0 Å². The van der Waals surface area contributed by atoms with E-state index in [4.69, 9.17) is 0 Å². The first kappa shape index (κ1) is 15.1. The predicted octanol–water partition coefficient (Wildman–Crippen LogP) is 5.11. The first-order chi connectivity index (χ1) is 11.5. The van der Waals surface area contributed by atoms with Crippen molar-refractivity contribution in [2.75, 3.05) is 0 Å². The third-order valence-corrected chi connectivity index (χ3v) is 4.97. The van der Waals surface area contributed by atoms with E-state index in [1.54, 1.807) is 0 Å². The summed E-state index contributed by atoms with van der Waals surface area (Å²) in [4.78, 5) is 16.6. The minimum Gasteiger partial charge on any atom is -0.294 e. The Labute approximate surface area is 142 Å². The van der Waals surface area contributed by atoms with Gasteiger partial charge >= 0.3 is 0 Å². The van der Waals surface area contributed by atoms with Gasteiger partial charge in [0.2, 0.25) is 0 Å². The van der Waals surface area contributed by atoms with E-state index in [-0.39, 0.29) is 11.2 Å².